The maximum atomic E-state index is 12.2. The van der Waals surface area contributed by atoms with Crippen molar-refractivity contribution >= 4 is 27.8 Å². The summed E-state index contributed by atoms with van der Waals surface area (Å²) in [5, 5.41) is 2.24. The minimum atomic E-state index is -3.85. The topological polar surface area (TPSA) is 122 Å². The number of hydrogen-bond donors (Lipinski definition) is 2. The second-order valence-corrected chi connectivity index (χ2v) is 7.84. The minimum Gasteiger partial charge on any atom is -0.454 e. The van der Waals surface area contributed by atoms with Crippen molar-refractivity contribution in [3.05, 3.63) is 29.3 Å². The van der Waals surface area contributed by atoms with E-state index in [0.717, 1.165) is 11.1 Å². The van der Waals surface area contributed by atoms with Crippen LogP contribution in [0.5, 0.6) is 0 Å². The van der Waals surface area contributed by atoms with Crippen LogP contribution in [0.1, 0.15) is 25.0 Å². The molecule has 2 amide bonds. The fraction of sp³-hybridized carbons (Fsp3) is 0.500. The molecule has 1 aromatic rings. The van der Waals surface area contributed by atoms with Gasteiger partial charge in [-0.3, -0.25) is 14.4 Å². The fourth-order valence-corrected chi connectivity index (χ4v) is 3.29. The van der Waals surface area contributed by atoms with Gasteiger partial charge in [0.2, 0.25) is 15.9 Å². The molecule has 0 bridgehead atoms. The number of ether oxygens (including phenoxy) is 1. The summed E-state index contributed by atoms with van der Waals surface area (Å²) >= 11 is 0. The van der Waals surface area contributed by atoms with Gasteiger partial charge in [-0.25, -0.2) is 13.1 Å². The summed E-state index contributed by atoms with van der Waals surface area (Å²) in [5.41, 5.74) is 1.77. The molecular formula is C18H27N3O6S. The Morgan fingerprint density at radius 1 is 1.04 bits per heavy atom. The highest BCUT2D eigenvalue weighted by Crippen LogP contribution is 2.14. The van der Waals surface area contributed by atoms with E-state index in [1.165, 1.54) is 17.0 Å². The number of nitrogens with one attached hydrogen (secondary N) is 2. The van der Waals surface area contributed by atoms with Crippen molar-refractivity contribution in [2.45, 2.75) is 32.6 Å². The third-order valence-corrected chi connectivity index (χ3v) is 5.51. The maximum absolute atomic E-state index is 12.2. The first kappa shape index (κ1) is 23.6. The number of benzene rings is 1. The lowest BCUT2D eigenvalue weighted by Crippen LogP contribution is -2.40. The van der Waals surface area contributed by atoms with E-state index in [0.29, 0.717) is 13.1 Å². The number of nitrogens with zero attached hydrogens (tertiary/aromatic N) is 1. The molecule has 1 aromatic carbocycles. The molecule has 0 aromatic heterocycles. The molecule has 0 radical (unpaired) electrons. The van der Waals surface area contributed by atoms with Gasteiger partial charge in [-0.2, -0.15) is 0 Å². The van der Waals surface area contributed by atoms with Gasteiger partial charge in [0.25, 0.3) is 5.91 Å². The summed E-state index contributed by atoms with van der Waals surface area (Å²) in [6.45, 7) is 6.88. The summed E-state index contributed by atoms with van der Waals surface area (Å²) in [6.07, 6.45) is 0. The lowest BCUT2D eigenvalue weighted by Gasteiger charge is -2.18. The van der Waals surface area contributed by atoms with Crippen molar-refractivity contribution in [1.29, 1.82) is 0 Å². The average molecular weight is 413 g/mol. The van der Waals surface area contributed by atoms with E-state index in [1.807, 2.05) is 20.8 Å². The highest BCUT2D eigenvalue weighted by atomic mass is 32.2. The van der Waals surface area contributed by atoms with Gasteiger partial charge in [-0.05, 0) is 51.0 Å². The first-order valence-electron chi connectivity index (χ1n) is 8.87. The van der Waals surface area contributed by atoms with Gasteiger partial charge in [-0.1, -0.05) is 6.07 Å². The maximum Gasteiger partial charge on any atom is 0.325 e. The first-order valence-corrected chi connectivity index (χ1v) is 10.4. The van der Waals surface area contributed by atoms with Gasteiger partial charge >= 0.3 is 5.97 Å². The van der Waals surface area contributed by atoms with Crippen LogP contribution >= 0.6 is 0 Å². The zero-order valence-electron chi connectivity index (χ0n) is 16.6. The van der Waals surface area contributed by atoms with Crippen LogP contribution in [-0.4, -0.2) is 63.9 Å². The summed E-state index contributed by atoms with van der Waals surface area (Å²) in [7, 11) is -3.85. The van der Waals surface area contributed by atoms with Gasteiger partial charge < -0.3 is 15.0 Å². The number of sulfonamides is 1. The van der Waals surface area contributed by atoms with E-state index in [2.05, 4.69) is 10.0 Å². The van der Waals surface area contributed by atoms with Crippen LogP contribution in [-0.2, 0) is 29.1 Å². The van der Waals surface area contributed by atoms with Crippen LogP contribution in [0.2, 0.25) is 0 Å². The molecule has 0 aliphatic heterocycles. The Kier molecular flexibility index (Phi) is 9.07. The van der Waals surface area contributed by atoms with E-state index < -0.39 is 41.6 Å². The van der Waals surface area contributed by atoms with Crippen molar-refractivity contribution in [2.75, 3.05) is 32.8 Å². The summed E-state index contributed by atoms with van der Waals surface area (Å²) < 4.78 is 31.4. The number of esters is 1. The summed E-state index contributed by atoms with van der Waals surface area (Å²) in [6, 6.07) is 4.64. The lowest BCUT2D eigenvalue weighted by molar-refractivity contribution is -0.151. The van der Waals surface area contributed by atoms with Crippen molar-refractivity contribution < 1.29 is 27.5 Å². The molecular weight excluding hydrogens is 386 g/mol. The quantitative estimate of drug-likeness (QED) is 0.525. The Morgan fingerprint density at radius 3 is 2.25 bits per heavy atom. The number of hydrogen-bond acceptors (Lipinski definition) is 6. The molecule has 2 N–H and O–H groups in total. The van der Waals surface area contributed by atoms with E-state index in [4.69, 9.17) is 4.74 Å². The highest BCUT2D eigenvalue weighted by molar-refractivity contribution is 7.89. The number of rotatable bonds is 10. The van der Waals surface area contributed by atoms with Crippen molar-refractivity contribution in [1.82, 2.24) is 14.9 Å². The SMILES string of the molecule is CCN(CC)C(=O)COC(=O)CNC(=O)CNS(=O)(=O)c1ccc(C)c(C)c1. The molecule has 0 atom stereocenters. The number of aryl methyl sites for hydroxylation is 2. The second-order valence-electron chi connectivity index (χ2n) is 6.07. The van der Waals surface area contributed by atoms with Crippen molar-refractivity contribution in [3.8, 4) is 0 Å². The zero-order valence-corrected chi connectivity index (χ0v) is 17.4. The molecule has 0 aliphatic rings. The molecule has 0 unspecified atom stereocenters. The molecule has 0 aliphatic carbocycles. The predicted octanol–water partition coefficient (Wildman–Crippen LogP) is 0.110. The Bertz CT molecular complexity index is 819. The smallest absolute Gasteiger partial charge is 0.325 e. The zero-order chi connectivity index (χ0) is 21.3. The third-order valence-electron chi connectivity index (χ3n) is 4.11. The van der Waals surface area contributed by atoms with Crippen LogP contribution in [0.3, 0.4) is 0 Å². The Balaban J connectivity index is 2.43. The Morgan fingerprint density at radius 2 is 1.68 bits per heavy atom. The van der Waals surface area contributed by atoms with Crippen molar-refractivity contribution in [2.24, 2.45) is 0 Å². The largest absolute Gasteiger partial charge is 0.454 e. The second kappa shape index (κ2) is 10.8. The average Bonchev–Trinajstić information content (AvgIpc) is 2.66. The van der Waals surface area contributed by atoms with E-state index in [1.54, 1.807) is 13.0 Å². The monoisotopic (exact) mass is 413 g/mol. The number of carbonyl (C=O) groups is 3. The normalized spacial score (nSPS) is 11.0. The standard InChI is InChI=1S/C18H27N3O6S/c1-5-21(6-2)17(23)12-27-18(24)11-19-16(22)10-20-28(25,26)15-8-7-13(3)14(4)9-15/h7-9,20H,5-6,10-12H2,1-4H3,(H,19,22). The van der Waals surface area contributed by atoms with Gasteiger partial charge in [0.05, 0.1) is 11.4 Å². The molecule has 0 heterocycles. The van der Waals surface area contributed by atoms with Crippen LogP contribution in [0.4, 0.5) is 0 Å². The summed E-state index contributed by atoms with van der Waals surface area (Å²) in [5.74, 6) is -1.81. The Labute approximate surface area is 165 Å². The molecule has 0 saturated carbocycles. The van der Waals surface area contributed by atoms with Crippen LogP contribution < -0.4 is 10.0 Å². The molecule has 156 valence electrons. The molecule has 1 rings (SSSR count). The van der Waals surface area contributed by atoms with Crippen LogP contribution in [0.15, 0.2) is 23.1 Å². The van der Waals surface area contributed by atoms with Crippen LogP contribution in [0.25, 0.3) is 0 Å². The molecule has 0 fully saturated rings. The molecule has 28 heavy (non-hydrogen) atoms. The highest BCUT2D eigenvalue weighted by Gasteiger charge is 2.17. The van der Waals surface area contributed by atoms with E-state index in [-0.39, 0.29) is 10.8 Å². The van der Waals surface area contributed by atoms with E-state index >= 15 is 0 Å². The number of carbonyl (C=O) groups excluding carboxylic acids is 3. The van der Waals surface area contributed by atoms with Crippen LogP contribution in [0, 0.1) is 13.8 Å². The molecule has 0 spiro atoms. The predicted molar refractivity (Wildman–Crippen MR) is 103 cm³/mol. The van der Waals surface area contributed by atoms with Crippen molar-refractivity contribution in [3.63, 3.8) is 0 Å². The molecule has 0 saturated heterocycles. The minimum absolute atomic E-state index is 0.0534. The number of amides is 2. The lowest BCUT2D eigenvalue weighted by atomic mass is 10.1. The van der Waals surface area contributed by atoms with E-state index in [9.17, 15) is 22.8 Å². The summed E-state index contributed by atoms with van der Waals surface area (Å²) in [4.78, 5) is 36.6. The van der Waals surface area contributed by atoms with Gasteiger partial charge in [0.1, 0.15) is 6.54 Å². The molecule has 10 heteroatoms. The molecule has 9 nitrogen and oxygen atoms in total. The van der Waals surface area contributed by atoms with Gasteiger partial charge in [0.15, 0.2) is 6.61 Å². The third kappa shape index (κ3) is 7.28. The number of likely N-dealkylation sites (N-methyl/N-ethyl adjacent to an activating group) is 1. The van der Waals surface area contributed by atoms with Gasteiger partial charge in [0, 0.05) is 13.1 Å². The Hall–Kier alpha value is -2.46. The fourth-order valence-electron chi connectivity index (χ4n) is 2.22. The van der Waals surface area contributed by atoms with Gasteiger partial charge in [-0.15, -0.1) is 0 Å². The first-order chi connectivity index (χ1) is 13.1.